The lowest BCUT2D eigenvalue weighted by molar-refractivity contribution is 0.0846. The van der Waals surface area contributed by atoms with Gasteiger partial charge in [-0.25, -0.2) is 0 Å². The van der Waals surface area contributed by atoms with E-state index in [1.807, 2.05) is 6.92 Å². The molecule has 0 aliphatic heterocycles. The van der Waals surface area contributed by atoms with Crippen molar-refractivity contribution in [2.75, 3.05) is 20.3 Å². The second-order valence-electron chi connectivity index (χ2n) is 6.35. The highest BCUT2D eigenvalue weighted by Crippen LogP contribution is 2.28. The highest BCUT2D eigenvalue weighted by molar-refractivity contribution is 5.99. The number of unbranched alkanes of at least 4 members (excludes halogenated alkanes) is 1. The molecule has 2 rings (SSSR count). The standard InChI is InChI=1S/C22H28N2O5/c1-4-6-14-28-18-10-7-16(8-11-18)21(25)23-24-22(26)17-9-12-19(29-13-5-2)20(15-17)27-3/h7-12,15H,4-6,13-14H2,1-3H3,(H,23,25)(H,24,26). The number of carbonyl (C=O) groups excluding carboxylic acids is 2. The minimum Gasteiger partial charge on any atom is -0.494 e. The van der Waals surface area contributed by atoms with Crippen LogP contribution in [-0.4, -0.2) is 32.1 Å². The fourth-order valence-corrected chi connectivity index (χ4v) is 2.43. The zero-order valence-electron chi connectivity index (χ0n) is 17.1. The molecule has 0 aliphatic rings. The molecular formula is C22H28N2O5. The van der Waals surface area contributed by atoms with Crippen molar-refractivity contribution in [3.05, 3.63) is 53.6 Å². The Morgan fingerprint density at radius 1 is 0.793 bits per heavy atom. The summed E-state index contributed by atoms with van der Waals surface area (Å²) in [7, 11) is 1.51. The van der Waals surface area contributed by atoms with Gasteiger partial charge in [0.25, 0.3) is 11.8 Å². The van der Waals surface area contributed by atoms with Crippen molar-refractivity contribution < 1.29 is 23.8 Å². The highest BCUT2D eigenvalue weighted by Gasteiger charge is 2.13. The van der Waals surface area contributed by atoms with Gasteiger partial charge >= 0.3 is 0 Å². The fourth-order valence-electron chi connectivity index (χ4n) is 2.43. The number of benzene rings is 2. The van der Waals surface area contributed by atoms with Crippen LogP contribution in [0.25, 0.3) is 0 Å². The Labute approximate surface area is 171 Å². The van der Waals surface area contributed by atoms with Crippen molar-refractivity contribution in [1.82, 2.24) is 10.9 Å². The van der Waals surface area contributed by atoms with Crippen LogP contribution >= 0.6 is 0 Å². The molecule has 0 unspecified atom stereocenters. The summed E-state index contributed by atoms with van der Waals surface area (Å²) in [5.74, 6) is 0.843. The molecule has 0 radical (unpaired) electrons. The van der Waals surface area contributed by atoms with E-state index in [2.05, 4.69) is 17.8 Å². The number of hydrogen-bond donors (Lipinski definition) is 2. The number of amides is 2. The Hall–Kier alpha value is -3.22. The average molecular weight is 400 g/mol. The van der Waals surface area contributed by atoms with Crippen LogP contribution in [0.1, 0.15) is 53.8 Å². The molecule has 0 heterocycles. The number of hydrogen-bond acceptors (Lipinski definition) is 5. The fraction of sp³-hybridized carbons (Fsp3) is 0.364. The van der Waals surface area contributed by atoms with Gasteiger partial charge in [0.05, 0.1) is 20.3 Å². The first-order chi connectivity index (χ1) is 14.1. The van der Waals surface area contributed by atoms with Gasteiger partial charge in [-0.3, -0.25) is 20.4 Å². The van der Waals surface area contributed by atoms with Crippen LogP contribution in [0.2, 0.25) is 0 Å². The number of carbonyl (C=O) groups is 2. The van der Waals surface area contributed by atoms with E-state index in [1.165, 1.54) is 7.11 Å². The molecule has 29 heavy (non-hydrogen) atoms. The molecule has 7 heteroatoms. The van der Waals surface area contributed by atoms with Gasteiger partial charge < -0.3 is 14.2 Å². The van der Waals surface area contributed by atoms with Crippen LogP contribution in [-0.2, 0) is 0 Å². The van der Waals surface area contributed by atoms with Gasteiger partial charge in [0, 0.05) is 11.1 Å². The highest BCUT2D eigenvalue weighted by atomic mass is 16.5. The van der Waals surface area contributed by atoms with E-state index >= 15 is 0 Å². The Morgan fingerprint density at radius 2 is 1.45 bits per heavy atom. The number of methoxy groups -OCH3 is 1. The molecule has 156 valence electrons. The molecule has 2 amide bonds. The normalized spacial score (nSPS) is 10.2. The maximum Gasteiger partial charge on any atom is 0.269 e. The van der Waals surface area contributed by atoms with Crippen LogP contribution in [0.15, 0.2) is 42.5 Å². The molecule has 0 aromatic heterocycles. The van der Waals surface area contributed by atoms with Gasteiger partial charge in [0.1, 0.15) is 5.75 Å². The van der Waals surface area contributed by atoms with Gasteiger partial charge in [0.2, 0.25) is 0 Å². The van der Waals surface area contributed by atoms with Gasteiger partial charge in [-0.15, -0.1) is 0 Å². The average Bonchev–Trinajstić information content (AvgIpc) is 2.76. The maximum atomic E-state index is 12.3. The molecule has 0 bridgehead atoms. The second-order valence-corrected chi connectivity index (χ2v) is 6.35. The maximum absolute atomic E-state index is 12.3. The number of hydrazine groups is 1. The third-order valence-electron chi connectivity index (χ3n) is 4.06. The van der Waals surface area contributed by atoms with Crippen LogP contribution in [0, 0.1) is 0 Å². The number of rotatable bonds is 10. The monoisotopic (exact) mass is 400 g/mol. The lowest BCUT2D eigenvalue weighted by Crippen LogP contribution is -2.41. The van der Waals surface area contributed by atoms with Crippen LogP contribution in [0.3, 0.4) is 0 Å². The molecule has 0 aliphatic carbocycles. The zero-order valence-corrected chi connectivity index (χ0v) is 17.1. The Balaban J connectivity index is 1.91. The summed E-state index contributed by atoms with van der Waals surface area (Å²) < 4.78 is 16.4. The first kappa shape index (κ1) is 22.1. The summed E-state index contributed by atoms with van der Waals surface area (Å²) in [6.07, 6.45) is 2.90. The molecule has 0 saturated heterocycles. The number of nitrogens with one attached hydrogen (secondary N) is 2. The molecular weight excluding hydrogens is 372 g/mol. The van der Waals surface area contributed by atoms with E-state index in [-0.39, 0.29) is 0 Å². The van der Waals surface area contributed by atoms with Crippen molar-refractivity contribution in [2.24, 2.45) is 0 Å². The van der Waals surface area contributed by atoms with E-state index in [9.17, 15) is 9.59 Å². The van der Waals surface area contributed by atoms with E-state index in [4.69, 9.17) is 14.2 Å². The quantitative estimate of drug-likeness (QED) is 0.469. The summed E-state index contributed by atoms with van der Waals surface area (Å²) >= 11 is 0. The van der Waals surface area contributed by atoms with E-state index in [0.29, 0.717) is 41.6 Å². The van der Waals surface area contributed by atoms with Crippen LogP contribution in [0.5, 0.6) is 17.2 Å². The minimum absolute atomic E-state index is 0.339. The summed E-state index contributed by atoms with van der Waals surface area (Å²) in [6, 6.07) is 11.6. The Bertz CT molecular complexity index is 805. The first-order valence-electron chi connectivity index (χ1n) is 9.73. The SMILES string of the molecule is CCCCOc1ccc(C(=O)NNC(=O)c2ccc(OCCC)c(OC)c2)cc1. The molecule has 2 aromatic carbocycles. The second kappa shape index (κ2) is 11.6. The van der Waals surface area contributed by atoms with E-state index < -0.39 is 11.8 Å². The molecule has 0 atom stereocenters. The molecule has 0 spiro atoms. The third kappa shape index (κ3) is 6.71. The van der Waals surface area contributed by atoms with Crippen LogP contribution in [0.4, 0.5) is 0 Å². The van der Waals surface area contributed by atoms with Crippen molar-refractivity contribution in [1.29, 1.82) is 0 Å². The predicted octanol–water partition coefficient (Wildman–Crippen LogP) is 3.74. The van der Waals surface area contributed by atoms with Crippen molar-refractivity contribution >= 4 is 11.8 Å². The smallest absolute Gasteiger partial charge is 0.269 e. The summed E-state index contributed by atoms with van der Waals surface area (Å²) in [4.78, 5) is 24.6. The van der Waals surface area contributed by atoms with Gasteiger partial charge in [-0.2, -0.15) is 0 Å². The minimum atomic E-state index is -0.460. The van der Waals surface area contributed by atoms with Gasteiger partial charge in [-0.05, 0) is 55.3 Å². The number of ether oxygens (including phenoxy) is 3. The lowest BCUT2D eigenvalue weighted by atomic mass is 10.2. The summed E-state index contributed by atoms with van der Waals surface area (Å²) in [5, 5.41) is 0. The Kier molecular flexibility index (Phi) is 8.82. The predicted molar refractivity (Wildman–Crippen MR) is 111 cm³/mol. The van der Waals surface area contributed by atoms with E-state index in [1.54, 1.807) is 42.5 Å². The van der Waals surface area contributed by atoms with Crippen molar-refractivity contribution in [2.45, 2.75) is 33.1 Å². The lowest BCUT2D eigenvalue weighted by Gasteiger charge is -2.12. The van der Waals surface area contributed by atoms with Crippen molar-refractivity contribution in [3.63, 3.8) is 0 Å². The topological polar surface area (TPSA) is 85.9 Å². The first-order valence-corrected chi connectivity index (χ1v) is 9.73. The zero-order chi connectivity index (χ0) is 21.1. The van der Waals surface area contributed by atoms with Crippen molar-refractivity contribution in [3.8, 4) is 17.2 Å². The van der Waals surface area contributed by atoms with Gasteiger partial charge in [-0.1, -0.05) is 20.3 Å². The largest absolute Gasteiger partial charge is 0.494 e. The summed E-state index contributed by atoms with van der Waals surface area (Å²) in [5.41, 5.74) is 5.56. The van der Waals surface area contributed by atoms with E-state index in [0.717, 1.165) is 19.3 Å². The summed E-state index contributed by atoms with van der Waals surface area (Å²) in [6.45, 7) is 5.30. The molecule has 2 aromatic rings. The third-order valence-corrected chi connectivity index (χ3v) is 4.06. The Morgan fingerprint density at radius 3 is 2.07 bits per heavy atom. The van der Waals surface area contributed by atoms with Gasteiger partial charge in [0.15, 0.2) is 11.5 Å². The molecule has 0 fully saturated rings. The molecule has 0 saturated carbocycles. The van der Waals surface area contributed by atoms with Crippen LogP contribution < -0.4 is 25.1 Å². The molecule has 2 N–H and O–H groups in total. The molecule has 7 nitrogen and oxygen atoms in total.